The monoisotopic (exact) mass is 379 g/mol. The average Bonchev–Trinajstić information content (AvgIpc) is 2.78. The number of anilines is 2. The zero-order chi connectivity index (χ0) is 19.5. The summed E-state index contributed by atoms with van der Waals surface area (Å²) in [7, 11) is 1.70. The predicted molar refractivity (Wildman–Crippen MR) is 113 cm³/mol. The van der Waals surface area contributed by atoms with Gasteiger partial charge in [0.2, 0.25) is 5.91 Å². The molecule has 0 aromatic heterocycles. The van der Waals surface area contributed by atoms with Crippen LogP contribution in [-0.4, -0.2) is 56.7 Å². The summed E-state index contributed by atoms with van der Waals surface area (Å²) in [6, 6.07) is 16.4. The van der Waals surface area contributed by atoms with Crippen LogP contribution in [0.4, 0.5) is 11.4 Å². The van der Waals surface area contributed by atoms with Crippen LogP contribution in [0.5, 0.6) is 5.75 Å². The zero-order valence-corrected chi connectivity index (χ0v) is 16.8. The lowest BCUT2D eigenvalue weighted by Gasteiger charge is -2.40. The number of hydrogen-bond donors (Lipinski definition) is 0. The second-order valence-electron chi connectivity index (χ2n) is 7.62. The van der Waals surface area contributed by atoms with E-state index in [0.29, 0.717) is 0 Å². The highest BCUT2D eigenvalue weighted by molar-refractivity contribution is 5.98. The van der Waals surface area contributed by atoms with Gasteiger partial charge in [-0.15, -0.1) is 0 Å². The van der Waals surface area contributed by atoms with Crippen LogP contribution in [-0.2, 0) is 11.2 Å². The number of hydrogen-bond acceptors (Lipinski definition) is 4. The van der Waals surface area contributed by atoms with E-state index in [0.717, 1.165) is 57.0 Å². The second-order valence-corrected chi connectivity index (χ2v) is 7.62. The van der Waals surface area contributed by atoms with Gasteiger partial charge in [-0.25, -0.2) is 0 Å². The SMILES string of the molecule is COc1cccc(N2CCN(C(C)C(=O)N3CCCc4ccccc43)CC2)c1. The summed E-state index contributed by atoms with van der Waals surface area (Å²) >= 11 is 0. The van der Waals surface area contributed by atoms with Crippen LogP contribution < -0.4 is 14.5 Å². The minimum Gasteiger partial charge on any atom is -0.497 e. The number of carbonyl (C=O) groups is 1. The molecule has 2 heterocycles. The number of rotatable bonds is 4. The highest BCUT2D eigenvalue weighted by Gasteiger charge is 2.31. The van der Waals surface area contributed by atoms with Crippen molar-refractivity contribution in [1.29, 1.82) is 0 Å². The van der Waals surface area contributed by atoms with Gasteiger partial charge in [-0.2, -0.15) is 0 Å². The Hall–Kier alpha value is -2.53. The van der Waals surface area contributed by atoms with Crippen molar-refractivity contribution < 1.29 is 9.53 Å². The van der Waals surface area contributed by atoms with Crippen LogP contribution in [0.25, 0.3) is 0 Å². The largest absolute Gasteiger partial charge is 0.497 e. The van der Waals surface area contributed by atoms with Crippen molar-refractivity contribution in [3.05, 3.63) is 54.1 Å². The molecule has 0 aliphatic carbocycles. The molecular weight excluding hydrogens is 350 g/mol. The summed E-state index contributed by atoms with van der Waals surface area (Å²) in [6.07, 6.45) is 2.10. The molecule has 0 radical (unpaired) electrons. The number of methoxy groups -OCH3 is 1. The number of aryl methyl sites for hydroxylation is 1. The molecule has 2 aromatic carbocycles. The summed E-state index contributed by atoms with van der Waals surface area (Å²) in [4.78, 5) is 19.9. The third-order valence-corrected chi connectivity index (χ3v) is 6.01. The molecule has 0 saturated carbocycles. The van der Waals surface area contributed by atoms with Gasteiger partial charge < -0.3 is 14.5 Å². The number of nitrogens with zero attached hydrogens (tertiary/aromatic N) is 3. The van der Waals surface area contributed by atoms with Crippen LogP contribution in [0.1, 0.15) is 18.9 Å². The van der Waals surface area contributed by atoms with Crippen LogP contribution in [0.2, 0.25) is 0 Å². The fourth-order valence-corrected chi connectivity index (χ4v) is 4.32. The Morgan fingerprint density at radius 2 is 1.79 bits per heavy atom. The molecule has 5 heteroatoms. The summed E-state index contributed by atoms with van der Waals surface area (Å²) in [5.41, 5.74) is 3.57. The van der Waals surface area contributed by atoms with E-state index in [-0.39, 0.29) is 11.9 Å². The molecule has 4 rings (SSSR count). The second kappa shape index (κ2) is 8.23. The van der Waals surface area contributed by atoms with Crippen molar-refractivity contribution in [2.24, 2.45) is 0 Å². The van der Waals surface area contributed by atoms with Crippen LogP contribution >= 0.6 is 0 Å². The number of para-hydroxylation sites is 1. The van der Waals surface area contributed by atoms with Gasteiger partial charge in [-0.3, -0.25) is 9.69 Å². The van der Waals surface area contributed by atoms with Crippen molar-refractivity contribution in [3.8, 4) is 5.75 Å². The van der Waals surface area contributed by atoms with E-state index < -0.39 is 0 Å². The first-order valence-electron chi connectivity index (χ1n) is 10.2. The summed E-state index contributed by atoms with van der Waals surface area (Å²) in [5.74, 6) is 1.11. The third-order valence-electron chi connectivity index (χ3n) is 6.01. The Morgan fingerprint density at radius 3 is 2.57 bits per heavy atom. The maximum Gasteiger partial charge on any atom is 0.244 e. The van der Waals surface area contributed by atoms with Crippen molar-refractivity contribution in [3.63, 3.8) is 0 Å². The number of ether oxygens (including phenoxy) is 1. The number of carbonyl (C=O) groups excluding carboxylic acids is 1. The summed E-state index contributed by atoms with van der Waals surface area (Å²) in [6.45, 7) is 6.49. The van der Waals surface area contributed by atoms with Gasteiger partial charge in [0.25, 0.3) is 0 Å². The molecule has 28 heavy (non-hydrogen) atoms. The number of amides is 1. The maximum atomic E-state index is 13.2. The minimum absolute atomic E-state index is 0.0985. The molecule has 0 spiro atoms. The summed E-state index contributed by atoms with van der Waals surface area (Å²) < 4.78 is 5.35. The summed E-state index contributed by atoms with van der Waals surface area (Å²) in [5, 5.41) is 0. The van der Waals surface area contributed by atoms with Gasteiger partial charge in [0, 0.05) is 50.2 Å². The van der Waals surface area contributed by atoms with E-state index in [1.807, 2.05) is 23.1 Å². The molecule has 0 N–H and O–H groups in total. The van der Waals surface area contributed by atoms with Crippen molar-refractivity contribution in [1.82, 2.24) is 4.90 Å². The average molecular weight is 380 g/mol. The fourth-order valence-electron chi connectivity index (χ4n) is 4.32. The molecule has 1 saturated heterocycles. The molecule has 2 aliphatic heterocycles. The van der Waals surface area contributed by atoms with E-state index in [9.17, 15) is 4.79 Å². The molecule has 2 aromatic rings. The smallest absolute Gasteiger partial charge is 0.244 e. The van der Waals surface area contributed by atoms with E-state index in [4.69, 9.17) is 4.74 Å². The van der Waals surface area contributed by atoms with Gasteiger partial charge in [-0.05, 0) is 43.5 Å². The first kappa shape index (κ1) is 18.8. The minimum atomic E-state index is -0.0985. The van der Waals surface area contributed by atoms with E-state index in [1.54, 1.807) is 7.11 Å². The lowest BCUT2D eigenvalue weighted by molar-refractivity contribution is -0.123. The zero-order valence-electron chi connectivity index (χ0n) is 16.8. The van der Waals surface area contributed by atoms with Gasteiger partial charge in [0.05, 0.1) is 13.2 Å². The highest BCUT2D eigenvalue weighted by Crippen LogP contribution is 2.28. The normalized spacial score (nSPS) is 18.5. The third kappa shape index (κ3) is 3.72. The lowest BCUT2D eigenvalue weighted by atomic mass is 10.0. The number of piperazine rings is 1. The molecular formula is C23H29N3O2. The van der Waals surface area contributed by atoms with Gasteiger partial charge in [0.15, 0.2) is 0 Å². The lowest BCUT2D eigenvalue weighted by Crippen LogP contribution is -2.55. The molecule has 0 bridgehead atoms. The van der Waals surface area contributed by atoms with Gasteiger partial charge in [-0.1, -0.05) is 24.3 Å². The topological polar surface area (TPSA) is 36.0 Å². The first-order valence-corrected chi connectivity index (χ1v) is 10.2. The standard InChI is InChI=1S/C23H29N3O2/c1-18(23(27)26-12-6-8-19-7-3-4-11-22(19)26)24-13-15-25(16-14-24)20-9-5-10-21(17-20)28-2/h3-5,7,9-11,17-18H,6,8,12-16H2,1-2H3. The van der Waals surface area contributed by atoms with Crippen molar-refractivity contribution >= 4 is 17.3 Å². The molecule has 1 fully saturated rings. The molecule has 2 aliphatic rings. The number of benzene rings is 2. The Morgan fingerprint density at radius 1 is 1.00 bits per heavy atom. The molecule has 148 valence electrons. The fraction of sp³-hybridized carbons (Fsp3) is 0.435. The van der Waals surface area contributed by atoms with Crippen LogP contribution in [0.15, 0.2) is 48.5 Å². The van der Waals surface area contributed by atoms with Crippen molar-refractivity contribution in [2.45, 2.75) is 25.8 Å². The first-order chi connectivity index (χ1) is 13.7. The van der Waals surface area contributed by atoms with E-state index >= 15 is 0 Å². The van der Waals surface area contributed by atoms with Gasteiger partial charge >= 0.3 is 0 Å². The van der Waals surface area contributed by atoms with Crippen LogP contribution in [0, 0.1) is 0 Å². The molecule has 1 unspecified atom stereocenters. The van der Waals surface area contributed by atoms with E-state index in [1.165, 1.54) is 11.3 Å². The Balaban J connectivity index is 1.40. The Labute approximate surface area is 167 Å². The Bertz CT molecular complexity index is 830. The quantitative estimate of drug-likeness (QED) is 0.817. The van der Waals surface area contributed by atoms with Crippen LogP contribution in [0.3, 0.4) is 0 Å². The molecule has 5 nitrogen and oxygen atoms in total. The van der Waals surface area contributed by atoms with Crippen molar-refractivity contribution in [2.75, 3.05) is 49.6 Å². The predicted octanol–water partition coefficient (Wildman–Crippen LogP) is 3.19. The highest BCUT2D eigenvalue weighted by atomic mass is 16.5. The van der Waals surface area contributed by atoms with Gasteiger partial charge in [0.1, 0.15) is 5.75 Å². The molecule has 1 amide bonds. The molecule has 1 atom stereocenters. The number of fused-ring (bicyclic) bond motifs is 1. The van der Waals surface area contributed by atoms with E-state index in [2.05, 4.69) is 47.1 Å². The maximum absolute atomic E-state index is 13.2. The Kier molecular flexibility index (Phi) is 5.53.